The van der Waals surface area contributed by atoms with Crippen molar-refractivity contribution < 1.29 is 0 Å². The maximum atomic E-state index is 5.98. The van der Waals surface area contributed by atoms with E-state index in [1.165, 1.54) is 0 Å². The summed E-state index contributed by atoms with van der Waals surface area (Å²) in [5.74, 6) is 0. The number of benzene rings is 1. The lowest BCUT2D eigenvalue weighted by Crippen LogP contribution is -1.90. The summed E-state index contributed by atoms with van der Waals surface area (Å²) in [7, 11) is 0. The Balaban J connectivity index is 2.06. The summed E-state index contributed by atoms with van der Waals surface area (Å²) in [5, 5.41) is 2.95. The lowest BCUT2D eigenvalue weighted by atomic mass is 10.1. The van der Waals surface area contributed by atoms with Gasteiger partial charge in [-0.3, -0.25) is 4.98 Å². The predicted molar refractivity (Wildman–Crippen MR) is 79.9 cm³/mol. The molecule has 0 spiro atoms. The van der Waals surface area contributed by atoms with Crippen LogP contribution in [0, 0.1) is 6.92 Å². The Morgan fingerprint density at radius 2 is 1.95 bits per heavy atom. The third-order valence-electron chi connectivity index (χ3n) is 2.95. The van der Waals surface area contributed by atoms with Gasteiger partial charge in [0.05, 0.1) is 5.69 Å². The van der Waals surface area contributed by atoms with Gasteiger partial charge in [0.1, 0.15) is 10.7 Å². The fourth-order valence-electron chi connectivity index (χ4n) is 1.95. The van der Waals surface area contributed by atoms with E-state index in [2.05, 4.69) is 9.97 Å². The zero-order chi connectivity index (χ0) is 13.2. The van der Waals surface area contributed by atoms with Gasteiger partial charge in [-0.2, -0.15) is 0 Å². The zero-order valence-corrected chi connectivity index (χ0v) is 11.3. The molecule has 3 rings (SSSR count). The number of anilines is 1. The largest absolute Gasteiger partial charge is 0.398 e. The van der Waals surface area contributed by atoms with Crippen LogP contribution in [0.15, 0.2) is 48.0 Å². The topological polar surface area (TPSA) is 51.8 Å². The molecule has 3 aromatic rings. The van der Waals surface area contributed by atoms with Gasteiger partial charge in [0.25, 0.3) is 0 Å². The van der Waals surface area contributed by atoms with Crippen molar-refractivity contribution in [3.63, 3.8) is 0 Å². The van der Waals surface area contributed by atoms with E-state index in [1.807, 2.05) is 48.7 Å². The minimum Gasteiger partial charge on any atom is -0.398 e. The SMILES string of the molecule is Cc1cccnc1-c1nc(-c2ccccc2N)cs1. The predicted octanol–water partition coefficient (Wildman–Crippen LogP) is 3.76. The number of para-hydroxylation sites is 1. The smallest absolute Gasteiger partial charge is 0.142 e. The van der Waals surface area contributed by atoms with E-state index in [0.29, 0.717) is 0 Å². The molecule has 0 aliphatic carbocycles. The molecule has 0 bridgehead atoms. The number of pyridine rings is 1. The van der Waals surface area contributed by atoms with E-state index in [4.69, 9.17) is 5.73 Å². The molecule has 0 saturated carbocycles. The summed E-state index contributed by atoms with van der Waals surface area (Å²) in [6.45, 7) is 2.04. The van der Waals surface area contributed by atoms with E-state index >= 15 is 0 Å². The Morgan fingerprint density at radius 3 is 2.74 bits per heavy atom. The van der Waals surface area contributed by atoms with Crippen LogP contribution < -0.4 is 5.73 Å². The number of aromatic nitrogens is 2. The third-order valence-corrected chi connectivity index (χ3v) is 3.80. The van der Waals surface area contributed by atoms with Gasteiger partial charge in [0.2, 0.25) is 0 Å². The van der Waals surface area contributed by atoms with Gasteiger partial charge in [-0.15, -0.1) is 11.3 Å². The minimum absolute atomic E-state index is 0.747. The van der Waals surface area contributed by atoms with Crippen LogP contribution in [0.25, 0.3) is 22.0 Å². The molecule has 0 aliphatic rings. The quantitative estimate of drug-likeness (QED) is 0.719. The molecular formula is C15H13N3S. The summed E-state index contributed by atoms with van der Waals surface area (Å²) in [4.78, 5) is 9.04. The molecule has 0 saturated heterocycles. The van der Waals surface area contributed by atoms with Gasteiger partial charge in [-0.1, -0.05) is 24.3 Å². The average Bonchev–Trinajstić information content (AvgIpc) is 2.89. The van der Waals surface area contributed by atoms with Crippen LogP contribution in [0.5, 0.6) is 0 Å². The fraction of sp³-hybridized carbons (Fsp3) is 0.0667. The Morgan fingerprint density at radius 1 is 1.11 bits per heavy atom. The summed E-state index contributed by atoms with van der Waals surface area (Å²) in [6.07, 6.45) is 1.79. The molecule has 2 aromatic heterocycles. The van der Waals surface area contributed by atoms with Crippen molar-refractivity contribution in [3.05, 3.63) is 53.5 Å². The van der Waals surface area contributed by atoms with E-state index in [-0.39, 0.29) is 0 Å². The minimum atomic E-state index is 0.747. The van der Waals surface area contributed by atoms with Crippen LogP contribution >= 0.6 is 11.3 Å². The zero-order valence-electron chi connectivity index (χ0n) is 10.5. The molecule has 2 N–H and O–H groups in total. The van der Waals surface area contributed by atoms with E-state index in [0.717, 1.165) is 33.2 Å². The summed E-state index contributed by atoms with van der Waals surface area (Å²) in [5.41, 5.74) is 10.7. The molecule has 4 heteroatoms. The first-order valence-corrected chi connectivity index (χ1v) is 6.86. The van der Waals surface area contributed by atoms with E-state index in [9.17, 15) is 0 Å². The van der Waals surface area contributed by atoms with Gasteiger partial charge < -0.3 is 5.73 Å². The third kappa shape index (κ3) is 2.22. The molecule has 0 radical (unpaired) electrons. The second-order valence-corrected chi connectivity index (χ2v) is 5.15. The first-order chi connectivity index (χ1) is 9.25. The van der Waals surface area contributed by atoms with Crippen LogP contribution in [0.2, 0.25) is 0 Å². The Bertz CT molecular complexity index is 659. The second kappa shape index (κ2) is 4.82. The Kier molecular flexibility index (Phi) is 3.01. The highest BCUT2D eigenvalue weighted by molar-refractivity contribution is 7.13. The molecule has 0 atom stereocenters. The van der Waals surface area contributed by atoms with Gasteiger partial charge in [-0.05, 0) is 24.6 Å². The maximum absolute atomic E-state index is 5.98. The summed E-state index contributed by atoms with van der Waals surface area (Å²) >= 11 is 1.59. The van der Waals surface area contributed by atoms with Crippen molar-refractivity contribution in [2.45, 2.75) is 6.92 Å². The molecule has 2 heterocycles. The molecule has 3 nitrogen and oxygen atoms in total. The molecule has 0 fully saturated rings. The fourth-order valence-corrected chi connectivity index (χ4v) is 2.83. The lowest BCUT2D eigenvalue weighted by Gasteiger charge is -2.01. The molecule has 94 valence electrons. The van der Waals surface area contributed by atoms with Crippen molar-refractivity contribution in [2.24, 2.45) is 0 Å². The highest BCUT2D eigenvalue weighted by Crippen LogP contribution is 2.31. The van der Waals surface area contributed by atoms with Crippen molar-refractivity contribution in [1.82, 2.24) is 9.97 Å². The number of nitrogens with two attached hydrogens (primary N) is 1. The highest BCUT2D eigenvalue weighted by Gasteiger charge is 2.10. The van der Waals surface area contributed by atoms with Crippen molar-refractivity contribution in [2.75, 3.05) is 5.73 Å². The number of nitrogens with zero attached hydrogens (tertiary/aromatic N) is 2. The number of hydrogen-bond donors (Lipinski definition) is 1. The number of hydrogen-bond acceptors (Lipinski definition) is 4. The first kappa shape index (κ1) is 11.9. The standard InChI is InChI=1S/C15H13N3S/c1-10-5-4-8-17-14(10)15-18-13(9-19-15)11-6-2-3-7-12(11)16/h2-9H,16H2,1H3. The highest BCUT2D eigenvalue weighted by atomic mass is 32.1. The van der Waals surface area contributed by atoms with Crippen molar-refractivity contribution in [3.8, 4) is 22.0 Å². The Labute approximate surface area is 115 Å². The molecular weight excluding hydrogens is 254 g/mol. The van der Waals surface area contributed by atoms with Crippen LogP contribution in [-0.4, -0.2) is 9.97 Å². The van der Waals surface area contributed by atoms with E-state index < -0.39 is 0 Å². The number of rotatable bonds is 2. The molecule has 0 aliphatic heterocycles. The van der Waals surface area contributed by atoms with Crippen LogP contribution in [-0.2, 0) is 0 Å². The normalized spacial score (nSPS) is 10.6. The van der Waals surface area contributed by atoms with Crippen molar-refractivity contribution >= 4 is 17.0 Å². The summed E-state index contributed by atoms with van der Waals surface area (Å²) < 4.78 is 0. The van der Waals surface area contributed by atoms with Gasteiger partial charge >= 0.3 is 0 Å². The maximum Gasteiger partial charge on any atom is 0.142 e. The average molecular weight is 267 g/mol. The van der Waals surface area contributed by atoms with Crippen LogP contribution in [0.3, 0.4) is 0 Å². The van der Waals surface area contributed by atoms with Crippen LogP contribution in [0.4, 0.5) is 5.69 Å². The molecule has 19 heavy (non-hydrogen) atoms. The first-order valence-electron chi connectivity index (χ1n) is 5.98. The number of aryl methyl sites for hydroxylation is 1. The molecule has 0 unspecified atom stereocenters. The Hall–Kier alpha value is -2.20. The van der Waals surface area contributed by atoms with Crippen molar-refractivity contribution in [1.29, 1.82) is 0 Å². The number of nitrogen functional groups attached to an aromatic ring is 1. The van der Waals surface area contributed by atoms with E-state index in [1.54, 1.807) is 17.5 Å². The van der Waals surface area contributed by atoms with Gasteiger partial charge in [0.15, 0.2) is 0 Å². The molecule has 1 aromatic carbocycles. The second-order valence-electron chi connectivity index (χ2n) is 4.29. The number of thiazole rings is 1. The molecule has 0 amide bonds. The monoisotopic (exact) mass is 267 g/mol. The van der Waals surface area contributed by atoms with Gasteiger partial charge in [-0.25, -0.2) is 4.98 Å². The lowest BCUT2D eigenvalue weighted by molar-refractivity contribution is 1.25. The van der Waals surface area contributed by atoms with Gasteiger partial charge in [0, 0.05) is 22.8 Å². The van der Waals surface area contributed by atoms with Crippen LogP contribution in [0.1, 0.15) is 5.56 Å². The summed E-state index contributed by atoms with van der Waals surface area (Å²) in [6, 6.07) is 11.7.